The van der Waals surface area contributed by atoms with Gasteiger partial charge in [0.1, 0.15) is 5.01 Å². The summed E-state index contributed by atoms with van der Waals surface area (Å²) in [5.41, 5.74) is 7.18. The lowest BCUT2D eigenvalue weighted by atomic mass is 9.83. The molecule has 0 unspecified atom stereocenters. The lowest BCUT2D eigenvalue weighted by Crippen LogP contribution is -2.38. The predicted molar refractivity (Wildman–Crippen MR) is 80.8 cm³/mol. The second-order valence-electron chi connectivity index (χ2n) is 5.58. The van der Waals surface area contributed by atoms with Gasteiger partial charge in [-0.3, -0.25) is 4.98 Å². The highest BCUT2D eigenvalue weighted by Crippen LogP contribution is 2.37. The molecule has 0 aliphatic heterocycles. The highest BCUT2D eigenvalue weighted by Gasteiger charge is 2.33. The molecule has 3 aromatic heterocycles. The maximum atomic E-state index is 6.57. The van der Waals surface area contributed by atoms with Gasteiger partial charge in [-0.05, 0) is 25.0 Å². The van der Waals surface area contributed by atoms with Gasteiger partial charge >= 0.3 is 0 Å². The molecule has 3 aromatic rings. The summed E-state index contributed by atoms with van der Waals surface area (Å²) in [7, 11) is 0. The van der Waals surface area contributed by atoms with Crippen LogP contribution in [0.25, 0.3) is 16.3 Å². The second-order valence-corrected chi connectivity index (χ2v) is 6.54. The smallest absolute Gasteiger partial charge is 0.235 e. The number of nitrogens with two attached hydrogens (primary N) is 1. The van der Waals surface area contributed by atoms with Crippen LogP contribution in [-0.2, 0) is 5.54 Å². The van der Waals surface area contributed by atoms with E-state index in [0.717, 1.165) is 34.2 Å². The summed E-state index contributed by atoms with van der Waals surface area (Å²) in [5.74, 6) is 0.722. The van der Waals surface area contributed by atoms with Crippen LogP contribution in [0, 0.1) is 0 Å². The average molecular weight is 300 g/mol. The van der Waals surface area contributed by atoms with Crippen molar-refractivity contribution in [2.45, 2.75) is 37.6 Å². The Morgan fingerprint density at radius 3 is 2.81 bits per heavy atom. The molecule has 0 bridgehead atoms. The molecule has 0 atom stereocenters. The Kier molecular flexibility index (Phi) is 2.97. The third-order valence-electron chi connectivity index (χ3n) is 4.08. The first-order valence-electron chi connectivity index (χ1n) is 7.18. The largest absolute Gasteiger partial charge is 0.319 e. The van der Waals surface area contributed by atoms with Crippen LogP contribution in [0.2, 0.25) is 0 Å². The van der Waals surface area contributed by atoms with Gasteiger partial charge in [0, 0.05) is 18.0 Å². The Morgan fingerprint density at radius 1 is 1.19 bits per heavy atom. The van der Waals surface area contributed by atoms with Crippen molar-refractivity contribution in [2.75, 3.05) is 0 Å². The van der Waals surface area contributed by atoms with Crippen molar-refractivity contribution >= 4 is 16.3 Å². The van der Waals surface area contributed by atoms with E-state index < -0.39 is 0 Å². The van der Waals surface area contributed by atoms with Crippen molar-refractivity contribution in [1.29, 1.82) is 0 Å². The van der Waals surface area contributed by atoms with Gasteiger partial charge in [0.2, 0.25) is 4.96 Å². The fraction of sp³-hybridized carbons (Fsp3) is 0.429. The summed E-state index contributed by atoms with van der Waals surface area (Å²) in [6.07, 6.45) is 9.13. The number of nitrogens with zero attached hydrogens (tertiary/aromatic N) is 5. The van der Waals surface area contributed by atoms with Gasteiger partial charge in [-0.1, -0.05) is 30.6 Å². The van der Waals surface area contributed by atoms with Gasteiger partial charge in [-0.25, -0.2) is 0 Å². The van der Waals surface area contributed by atoms with Crippen LogP contribution in [0.5, 0.6) is 0 Å². The molecule has 2 N–H and O–H groups in total. The Bertz CT molecular complexity index is 756. The van der Waals surface area contributed by atoms with Gasteiger partial charge in [0.15, 0.2) is 5.82 Å². The summed E-state index contributed by atoms with van der Waals surface area (Å²) in [6.45, 7) is 0. The Hall–Kier alpha value is -1.86. The Labute approximate surface area is 126 Å². The van der Waals surface area contributed by atoms with E-state index in [0.29, 0.717) is 0 Å². The maximum Gasteiger partial charge on any atom is 0.235 e. The minimum absolute atomic E-state index is 0.296. The van der Waals surface area contributed by atoms with Gasteiger partial charge in [-0.2, -0.15) is 9.61 Å². The molecular formula is C14H16N6S. The van der Waals surface area contributed by atoms with Crippen LogP contribution in [0.3, 0.4) is 0 Å². The minimum Gasteiger partial charge on any atom is -0.319 e. The quantitative estimate of drug-likeness (QED) is 0.785. The van der Waals surface area contributed by atoms with Crippen LogP contribution in [0.1, 0.15) is 37.1 Å². The Morgan fingerprint density at radius 2 is 2.05 bits per heavy atom. The minimum atomic E-state index is -0.296. The zero-order chi connectivity index (χ0) is 14.3. The number of rotatable bonds is 2. The van der Waals surface area contributed by atoms with Crippen molar-refractivity contribution in [1.82, 2.24) is 24.8 Å². The molecule has 4 rings (SSSR count). The van der Waals surface area contributed by atoms with Crippen LogP contribution in [0.4, 0.5) is 0 Å². The maximum absolute atomic E-state index is 6.57. The predicted octanol–water partition coefficient (Wildman–Crippen LogP) is 2.37. The van der Waals surface area contributed by atoms with Gasteiger partial charge < -0.3 is 5.73 Å². The molecule has 7 heteroatoms. The highest BCUT2D eigenvalue weighted by atomic mass is 32.1. The van der Waals surface area contributed by atoms with E-state index in [1.165, 1.54) is 19.3 Å². The van der Waals surface area contributed by atoms with Crippen LogP contribution in [-0.4, -0.2) is 24.8 Å². The van der Waals surface area contributed by atoms with E-state index in [1.807, 2.05) is 12.1 Å². The monoisotopic (exact) mass is 300 g/mol. The van der Waals surface area contributed by atoms with E-state index in [1.54, 1.807) is 28.2 Å². The first-order valence-corrected chi connectivity index (χ1v) is 8.00. The normalized spacial score (nSPS) is 18.1. The lowest BCUT2D eigenvalue weighted by Gasteiger charge is -2.30. The summed E-state index contributed by atoms with van der Waals surface area (Å²) < 4.78 is 1.79. The van der Waals surface area contributed by atoms with Gasteiger partial charge in [0.25, 0.3) is 0 Å². The number of fused-ring (bicyclic) bond motifs is 1. The van der Waals surface area contributed by atoms with Crippen molar-refractivity contribution in [3.05, 3.63) is 29.5 Å². The summed E-state index contributed by atoms with van der Waals surface area (Å²) in [5, 5.41) is 14.1. The molecule has 0 spiro atoms. The molecule has 1 fully saturated rings. The summed E-state index contributed by atoms with van der Waals surface area (Å²) in [6, 6.07) is 3.84. The molecule has 0 saturated heterocycles. The Balaban J connectivity index is 1.79. The molecule has 1 aliphatic carbocycles. The molecule has 1 aliphatic rings. The van der Waals surface area contributed by atoms with Crippen molar-refractivity contribution in [3.8, 4) is 11.4 Å². The number of hydrogen-bond donors (Lipinski definition) is 1. The topological polar surface area (TPSA) is 82.0 Å². The standard InChI is InChI=1S/C14H16N6S/c15-14(6-2-1-3-7-14)12-19-20-11(17-18-13(20)21-12)10-5-4-8-16-9-10/h4-5,8-9H,1-3,6-7,15H2. The molecule has 0 aromatic carbocycles. The number of pyridine rings is 1. The third kappa shape index (κ3) is 2.13. The third-order valence-corrected chi connectivity index (χ3v) is 5.20. The van der Waals surface area contributed by atoms with Crippen LogP contribution in [0.15, 0.2) is 24.5 Å². The molecule has 6 nitrogen and oxygen atoms in total. The van der Waals surface area contributed by atoms with Crippen molar-refractivity contribution in [3.63, 3.8) is 0 Å². The van der Waals surface area contributed by atoms with Crippen molar-refractivity contribution in [2.24, 2.45) is 5.73 Å². The van der Waals surface area contributed by atoms with Gasteiger partial charge in [0.05, 0.1) is 5.54 Å². The van der Waals surface area contributed by atoms with E-state index in [2.05, 4.69) is 15.2 Å². The fourth-order valence-corrected chi connectivity index (χ4v) is 3.89. The molecule has 0 amide bonds. The zero-order valence-electron chi connectivity index (χ0n) is 11.6. The molecular weight excluding hydrogens is 284 g/mol. The molecule has 3 heterocycles. The molecule has 21 heavy (non-hydrogen) atoms. The summed E-state index contributed by atoms with van der Waals surface area (Å²) >= 11 is 1.55. The van der Waals surface area contributed by atoms with Crippen molar-refractivity contribution < 1.29 is 0 Å². The highest BCUT2D eigenvalue weighted by molar-refractivity contribution is 7.16. The van der Waals surface area contributed by atoms with E-state index in [4.69, 9.17) is 10.8 Å². The molecule has 1 saturated carbocycles. The van der Waals surface area contributed by atoms with E-state index in [-0.39, 0.29) is 5.54 Å². The zero-order valence-corrected chi connectivity index (χ0v) is 12.4. The number of aromatic nitrogens is 5. The SMILES string of the molecule is NC1(c2nn3c(-c4cccnc4)nnc3s2)CCCCC1. The average Bonchev–Trinajstić information content (AvgIpc) is 3.09. The first-order chi connectivity index (χ1) is 10.3. The van der Waals surface area contributed by atoms with Crippen LogP contribution >= 0.6 is 11.3 Å². The van der Waals surface area contributed by atoms with Crippen LogP contribution < -0.4 is 5.73 Å². The first kappa shape index (κ1) is 12.8. The van der Waals surface area contributed by atoms with Gasteiger partial charge in [-0.15, -0.1) is 10.2 Å². The fourth-order valence-electron chi connectivity index (χ4n) is 2.89. The van der Waals surface area contributed by atoms with E-state index >= 15 is 0 Å². The summed E-state index contributed by atoms with van der Waals surface area (Å²) in [4.78, 5) is 4.92. The number of hydrogen-bond acceptors (Lipinski definition) is 6. The molecule has 108 valence electrons. The lowest BCUT2D eigenvalue weighted by molar-refractivity contribution is 0.299. The molecule has 0 radical (unpaired) electrons. The van der Waals surface area contributed by atoms with E-state index in [9.17, 15) is 0 Å². The second kappa shape index (κ2) is 4.85.